The van der Waals surface area contributed by atoms with Gasteiger partial charge >= 0.3 is 5.97 Å². The Kier molecular flexibility index (Phi) is 2.90. The lowest BCUT2D eigenvalue weighted by Crippen LogP contribution is -2.15. The van der Waals surface area contributed by atoms with Crippen LogP contribution >= 0.6 is 0 Å². The van der Waals surface area contributed by atoms with Gasteiger partial charge in [-0.3, -0.25) is 4.79 Å². The van der Waals surface area contributed by atoms with Gasteiger partial charge in [-0.1, -0.05) is 31.2 Å². The van der Waals surface area contributed by atoms with Crippen LogP contribution in [-0.2, 0) is 4.79 Å². The van der Waals surface area contributed by atoms with Crippen molar-refractivity contribution in [3.63, 3.8) is 0 Å². The number of hydrogen-bond acceptors (Lipinski definition) is 3. The fourth-order valence-electron chi connectivity index (χ4n) is 3.34. The zero-order valence-corrected chi connectivity index (χ0v) is 12.6. The predicted molar refractivity (Wildman–Crippen MR) is 81.6 cm³/mol. The average Bonchev–Trinajstić information content (AvgIpc) is 3.45. The smallest absolute Gasteiger partial charge is 0.310 e. The van der Waals surface area contributed by atoms with Crippen molar-refractivity contribution in [2.24, 2.45) is 5.41 Å². The number of hydrogen-bond donors (Lipinski definition) is 1. The maximum Gasteiger partial charge on any atom is 0.310 e. The molecule has 2 aromatic rings. The second-order valence-electron chi connectivity index (χ2n) is 6.54. The minimum atomic E-state index is -0.672. The molecule has 1 aromatic heterocycles. The van der Waals surface area contributed by atoms with E-state index < -0.39 is 11.4 Å². The summed E-state index contributed by atoms with van der Waals surface area (Å²) in [7, 11) is 0. The van der Waals surface area contributed by atoms with Crippen LogP contribution in [0.25, 0.3) is 11.3 Å². The molecule has 114 valence electrons. The number of nitrogens with zero attached hydrogens (tertiary/aromatic N) is 1. The van der Waals surface area contributed by atoms with Gasteiger partial charge in [-0.2, -0.15) is 0 Å². The molecule has 2 saturated carbocycles. The van der Waals surface area contributed by atoms with Crippen LogP contribution in [0.15, 0.2) is 34.9 Å². The van der Waals surface area contributed by atoms with E-state index in [-0.39, 0.29) is 5.92 Å². The first-order chi connectivity index (χ1) is 10.6. The maximum absolute atomic E-state index is 11.4. The van der Waals surface area contributed by atoms with E-state index in [1.54, 1.807) is 6.26 Å². The van der Waals surface area contributed by atoms with Crippen LogP contribution in [0.3, 0.4) is 0 Å². The maximum atomic E-state index is 11.4. The van der Waals surface area contributed by atoms with Gasteiger partial charge in [-0.15, -0.1) is 0 Å². The van der Waals surface area contributed by atoms with Gasteiger partial charge in [0.15, 0.2) is 5.89 Å². The van der Waals surface area contributed by atoms with Gasteiger partial charge in [0.05, 0.1) is 5.41 Å². The number of carboxylic acid groups (broad SMARTS) is 1. The molecule has 0 spiro atoms. The summed E-state index contributed by atoms with van der Waals surface area (Å²) in [5.74, 6) is 0.829. The quantitative estimate of drug-likeness (QED) is 0.899. The standard InChI is InChI=1S/C18H19NO3/c1-2-18(17(20)21)9-14(18)11-3-5-12(6-4-11)15-10-22-16(19-15)13-7-8-13/h3-6,10,13-14H,2,7-9H2,1H3,(H,20,21)/t14-,18-/m0/s1. The molecule has 22 heavy (non-hydrogen) atoms. The Balaban J connectivity index is 1.54. The van der Waals surface area contributed by atoms with Crippen molar-refractivity contribution in [3.8, 4) is 11.3 Å². The second kappa shape index (κ2) is 4.70. The van der Waals surface area contributed by atoms with Crippen molar-refractivity contribution in [3.05, 3.63) is 42.0 Å². The van der Waals surface area contributed by atoms with Crippen LogP contribution in [0.1, 0.15) is 55.9 Å². The van der Waals surface area contributed by atoms with Crippen LogP contribution in [0.4, 0.5) is 0 Å². The molecule has 0 saturated heterocycles. The highest BCUT2D eigenvalue weighted by Crippen LogP contribution is 2.61. The lowest BCUT2D eigenvalue weighted by molar-refractivity contribution is -0.143. The zero-order valence-electron chi connectivity index (χ0n) is 12.6. The Bertz CT molecular complexity index is 714. The Morgan fingerprint density at radius 3 is 2.64 bits per heavy atom. The Morgan fingerprint density at radius 1 is 1.36 bits per heavy atom. The highest BCUT2D eigenvalue weighted by molar-refractivity contribution is 5.80. The third-order valence-corrected chi connectivity index (χ3v) is 5.19. The van der Waals surface area contributed by atoms with E-state index in [2.05, 4.69) is 4.98 Å². The summed E-state index contributed by atoms with van der Waals surface area (Å²) in [6.07, 6.45) is 5.49. The summed E-state index contributed by atoms with van der Waals surface area (Å²) >= 11 is 0. The summed E-state index contributed by atoms with van der Waals surface area (Å²) in [5.41, 5.74) is 2.45. The van der Waals surface area contributed by atoms with Crippen molar-refractivity contribution in [2.75, 3.05) is 0 Å². The van der Waals surface area contributed by atoms with E-state index in [1.165, 1.54) is 12.8 Å². The molecule has 0 unspecified atom stereocenters. The van der Waals surface area contributed by atoms with Crippen molar-refractivity contribution >= 4 is 5.97 Å². The minimum absolute atomic E-state index is 0.142. The Hall–Kier alpha value is -2.10. The molecule has 2 aliphatic carbocycles. The van der Waals surface area contributed by atoms with E-state index in [9.17, 15) is 9.90 Å². The minimum Gasteiger partial charge on any atom is -0.481 e. The van der Waals surface area contributed by atoms with E-state index in [0.29, 0.717) is 12.3 Å². The summed E-state index contributed by atoms with van der Waals surface area (Å²) < 4.78 is 5.53. The molecule has 1 heterocycles. The number of aromatic nitrogens is 1. The van der Waals surface area contributed by atoms with Crippen molar-refractivity contribution in [1.82, 2.24) is 4.98 Å². The van der Waals surface area contributed by atoms with Gasteiger partial charge in [0, 0.05) is 17.4 Å². The van der Waals surface area contributed by atoms with Gasteiger partial charge in [0.1, 0.15) is 12.0 Å². The molecule has 4 nitrogen and oxygen atoms in total. The normalized spacial score (nSPS) is 26.9. The third-order valence-electron chi connectivity index (χ3n) is 5.19. The first-order valence-electron chi connectivity index (χ1n) is 7.93. The third kappa shape index (κ3) is 2.05. The van der Waals surface area contributed by atoms with Crippen LogP contribution in [-0.4, -0.2) is 16.1 Å². The van der Waals surface area contributed by atoms with Crippen LogP contribution in [0.2, 0.25) is 0 Å². The second-order valence-corrected chi connectivity index (χ2v) is 6.54. The number of carbonyl (C=O) groups is 1. The van der Waals surface area contributed by atoms with Crippen molar-refractivity contribution < 1.29 is 14.3 Å². The van der Waals surface area contributed by atoms with Crippen LogP contribution < -0.4 is 0 Å². The van der Waals surface area contributed by atoms with Crippen LogP contribution in [0, 0.1) is 5.41 Å². The summed E-state index contributed by atoms with van der Waals surface area (Å²) in [4.78, 5) is 16.0. The molecule has 0 amide bonds. The van der Waals surface area contributed by atoms with Gasteiger partial charge < -0.3 is 9.52 Å². The molecular formula is C18H19NO3. The summed E-state index contributed by atoms with van der Waals surface area (Å²) in [6, 6.07) is 8.10. The molecule has 1 N–H and O–H groups in total. The lowest BCUT2D eigenvalue weighted by Gasteiger charge is -2.09. The molecule has 0 radical (unpaired) electrons. The van der Waals surface area contributed by atoms with Crippen LogP contribution in [0.5, 0.6) is 0 Å². The van der Waals surface area contributed by atoms with Gasteiger partial charge in [-0.05, 0) is 31.2 Å². The molecule has 0 bridgehead atoms. The zero-order chi connectivity index (χ0) is 15.3. The fraction of sp³-hybridized carbons (Fsp3) is 0.444. The molecular weight excluding hydrogens is 278 g/mol. The Labute approximate surface area is 129 Å². The topological polar surface area (TPSA) is 63.3 Å². The number of oxazole rings is 1. The first kappa shape index (κ1) is 13.6. The Morgan fingerprint density at radius 2 is 2.09 bits per heavy atom. The average molecular weight is 297 g/mol. The van der Waals surface area contributed by atoms with E-state index in [0.717, 1.165) is 29.1 Å². The largest absolute Gasteiger partial charge is 0.481 e. The van der Waals surface area contributed by atoms with Gasteiger partial charge in [-0.25, -0.2) is 4.98 Å². The first-order valence-corrected chi connectivity index (χ1v) is 7.93. The lowest BCUT2D eigenvalue weighted by atomic mass is 9.96. The molecule has 2 fully saturated rings. The monoisotopic (exact) mass is 297 g/mol. The summed E-state index contributed by atoms with van der Waals surface area (Å²) in [5, 5.41) is 9.41. The predicted octanol–water partition coefficient (Wildman–Crippen LogP) is 4.19. The van der Waals surface area contributed by atoms with E-state index in [1.807, 2.05) is 31.2 Å². The van der Waals surface area contributed by atoms with E-state index in [4.69, 9.17) is 4.42 Å². The number of carboxylic acids is 1. The molecule has 4 heteroatoms. The van der Waals surface area contributed by atoms with Gasteiger partial charge in [0.25, 0.3) is 0 Å². The molecule has 0 aliphatic heterocycles. The molecule has 4 rings (SSSR count). The SMILES string of the molecule is CC[C@]1(C(=O)O)C[C@H]1c1ccc(-c2coc(C3CC3)n2)cc1. The van der Waals surface area contributed by atoms with E-state index >= 15 is 0 Å². The number of aliphatic carboxylic acids is 1. The highest BCUT2D eigenvalue weighted by atomic mass is 16.4. The molecule has 2 atom stereocenters. The number of rotatable bonds is 5. The summed E-state index contributed by atoms with van der Waals surface area (Å²) in [6.45, 7) is 1.96. The van der Waals surface area contributed by atoms with Gasteiger partial charge in [0.2, 0.25) is 0 Å². The number of benzene rings is 1. The highest BCUT2D eigenvalue weighted by Gasteiger charge is 2.59. The van der Waals surface area contributed by atoms with Crippen molar-refractivity contribution in [2.45, 2.75) is 44.4 Å². The fourth-order valence-corrected chi connectivity index (χ4v) is 3.34. The molecule has 1 aromatic carbocycles. The molecule has 2 aliphatic rings. The van der Waals surface area contributed by atoms with Crippen molar-refractivity contribution in [1.29, 1.82) is 0 Å².